The van der Waals surface area contributed by atoms with Gasteiger partial charge in [0, 0.05) is 50.2 Å². The molecule has 1 fully saturated rings. The maximum absolute atomic E-state index is 9.79. The van der Waals surface area contributed by atoms with Crippen LogP contribution in [0, 0.1) is 11.3 Å². The fourth-order valence-corrected chi connectivity index (χ4v) is 3.91. The van der Waals surface area contributed by atoms with E-state index < -0.39 is 0 Å². The largest absolute Gasteiger partial charge is 0.314 e. The molecule has 1 aliphatic heterocycles. The smallest absolute Gasteiger partial charge is 0.0995 e. The van der Waals surface area contributed by atoms with Crippen molar-refractivity contribution in [1.82, 2.24) is 20.0 Å². The van der Waals surface area contributed by atoms with Crippen LogP contribution >= 0.6 is 0 Å². The molecule has 27 heavy (non-hydrogen) atoms. The number of aromatic nitrogens is 2. The van der Waals surface area contributed by atoms with Crippen LogP contribution < -0.4 is 5.32 Å². The number of rotatable bonds is 4. The summed E-state index contributed by atoms with van der Waals surface area (Å²) in [4.78, 5) is 2.45. The van der Waals surface area contributed by atoms with E-state index in [4.69, 9.17) is 0 Å². The van der Waals surface area contributed by atoms with Crippen molar-refractivity contribution in [1.29, 1.82) is 5.26 Å². The fraction of sp³-hybridized carbons (Fsp3) is 0.273. The zero-order chi connectivity index (χ0) is 18.6. The van der Waals surface area contributed by atoms with Gasteiger partial charge in [-0.1, -0.05) is 30.3 Å². The number of hydrogen-bond acceptors (Lipinski definition) is 4. The molecule has 1 aromatic heterocycles. The second-order valence-electron chi connectivity index (χ2n) is 6.81. The number of nitrogens with zero attached hydrogens (tertiary/aromatic N) is 4. The number of para-hydroxylation sites is 1. The van der Waals surface area contributed by atoms with Crippen molar-refractivity contribution >= 4 is 0 Å². The van der Waals surface area contributed by atoms with Crippen LogP contribution in [-0.2, 0) is 0 Å². The lowest BCUT2D eigenvalue weighted by Crippen LogP contribution is -2.44. The van der Waals surface area contributed by atoms with Gasteiger partial charge >= 0.3 is 0 Å². The summed E-state index contributed by atoms with van der Waals surface area (Å²) in [6.07, 6.45) is 3.74. The third kappa shape index (κ3) is 3.37. The molecule has 5 heteroatoms. The quantitative estimate of drug-likeness (QED) is 0.778. The molecule has 2 aromatic carbocycles. The first-order chi connectivity index (χ1) is 13.3. The average molecular weight is 357 g/mol. The van der Waals surface area contributed by atoms with Crippen molar-refractivity contribution in [3.63, 3.8) is 0 Å². The maximum atomic E-state index is 9.79. The van der Waals surface area contributed by atoms with Gasteiger partial charge in [-0.15, -0.1) is 0 Å². The van der Waals surface area contributed by atoms with Gasteiger partial charge in [0.15, 0.2) is 0 Å². The molecular formula is C22H23N5. The Bertz CT molecular complexity index is 949. The van der Waals surface area contributed by atoms with Gasteiger partial charge in [0.25, 0.3) is 0 Å². The number of benzene rings is 2. The summed E-state index contributed by atoms with van der Waals surface area (Å²) in [6.45, 7) is 6.15. The molecule has 5 nitrogen and oxygen atoms in total. The first-order valence-corrected chi connectivity index (χ1v) is 9.37. The zero-order valence-corrected chi connectivity index (χ0v) is 15.5. The molecule has 1 unspecified atom stereocenters. The molecule has 0 saturated carbocycles. The van der Waals surface area contributed by atoms with Gasteiger partial charge in [0.1, 0.15) is 0 Å². The number of piperazine rings is 1. The van der Waals surface area contributed by atoms with Crippen LogP contribution in [0.5, 0.6) is 0 Å². The zero-order valence-electron chi connectivity index (χ0n) is 15.5. The van der Waals surface area contributed by atoms with Gasteiger partial charge in [0.2, 0.25) is 0 Å². The molecule has 1 saturated heterocycles. The molecule has 0 bridgehead atoms. The highest BCUT2D eigenvalue weighted by molar-refractivity contribution is 5.77. The Balaban J connectivity index is 1.87. The summed E-state index contributed by atoms with van der Waals surface area (Å²) in [5, 5.41) is 17.6. The number of hydrogen-bond donors (Lipinski definition) is 1. The molecule has 1 atom stereocenters. The van der Waals surface area contributed by atoms with Crippen LogP contribution in [0.2, 0.25) is 0 Å². The Labute approximate surface area is 159 Å². The van der Waals surface area contributed by atoms with E-state index in [1.165, 1.54) is 0 Å². The lowest BCUT2D eigenvalue weighted by Gasteiger charge is -2.34. The van der Waals surface area contributed by atoms with Crippen molar-refractivity contribution in [2.75, 3.05) is 26.2 Å². The normalized spacial score (nSPS) is 16.0. The van der Waals surface area contributed by atoms with Gasteiger partial charge < -0.3 is 5.32 Å². The molecular weight excluding hydrogens is 334 g/mol. The predicted octanol–water partition coefficient (Wildman–Crippen LogP) is 3.38. The third-order valence-electron chi connectivity index (χ3n) is 5.29. The lowest BCUT2D eigenvalue weighted by molar-refractivity contribution is 0.185. The van der Waals surface area contributed by atoms with E-state index in [0.29, 0.717) is 0 Å². The van der Waals surface area contributed by atoms with Crippen LogP contribution in [0.15, 0.2) is 60.9 Å². The summed E-state index contributed by atoms with van der Waals surface area (Å²) in [7, 11) is 0. The molecule has 1 aliphatic rings. The Kier molecular flexibility index (Phi) is 5.01. The minimum atomic E-state index is 0.170. The highest BCUT2D eigenvalue weighted by Crippen LogP contribution is 2.36. The molecule has 0 spiro atoms. The van der Waals surface area contributed by atoms with Gasteiger partial charge in [0.05, 0.1) is 17.3 Å². The first kappa shape index (κ1) is 17.5. The van der Waals surface area contributed by atoms with Crippen LogP contribution in [0.1, 0.15) is 24.1 Å². The van der Waals surface area contributed by atoms with Crippen LogP contribution in [0.25, 0.3) is 16.8 Å². The highest BCUT2D eigenvalue weighted by Gasteiger charge is 2.24. The third-order valence-corrected chi connectivity index (χ3v) is 5.29. The summed E-state index contributed by atoms with van der Waals surface area (Å²) in [5.74, 6) is 0. The van der Waals surface area contributed by atoms with Crippen LogP contribution in [0.3, 0.4) is 0 Å². The van der Waals surface area contributed by atoms with E-state index in [9.17, 15) is 5.26 Å². The molecule has 3 aromatic rings. The first-order valence-electron chi connectivity index (χ1n) is 9.37. The van der Waals surface area contributed by atoms with Crippen LogP contribution in [0.4, 0.5) is 0 Å². The van der Waals surface area contributed by atoms with Gasteiger partial charge in [-0.2, -0.15) is 10.4 Å². The minimum absolute atomic E-state index is 0.170. The van der Waals surface area contributed by atoms with E-state index >= 15 is 0 Å². The van der Waals surface area contributed by atoms with Crippen molar-refractivity contribution < 1.29 is 0 Å². The molecule has 0 radical (unpaired) electrons. The second-order valence-corrected chi connectivity index (χ2v) is 6.81. The van der Waals surface area contributed by atoms with Gasteiger partial charge in [-0.3, -0.25) is 4.90 Å². The molecule has 2 heterocycles. The van der Waals surface area contributed by atoms with E-state index in [1.54, 1.807) is 6.20 Å². The Hall–Kier alpha value is -2.94. The maximum Gasteiger partial charge on any atom is 0.0995 e. The lowest BCUT2D eigenvalue weighted by atomic mass is 9.90. The van der Waals surface area contributed by atoms with Gasteiger partial charge in [-0.05, 0) is 36.2 Å². The van der Waals surface area contributed by atoms with Crippen molar-refractivity contribution in [3.05, 3.63) is 72.1 Å². The van der Waals surface area contributed by atoms with E-state index in [0.717, 1.165) is 54.1 Å². The standard InChI is InChI=1S/C22H23N5/c1-17(26-14-11-24-12-15-26)22-18(16-23)6-4-8-20(22)19-7-2-3-9-21(19)27-13-5-10-25-27/h2-10,13,17,24H,11-12,14-15H2,1H3. The van der Waals surface area contributed by atoms with E-state index in [1.807, 2.05) is 41.2 Å². The molecule has 136 valence electrons. The predicted molar refractivity (Wildman–Crippen MR) is 107 cm³/mol. The second kappa shape index (κ2) is 7.75. The van der Waals surface area contributed by atoms with Crippen LogP contribution in [-0.4, -0.2) is 40.9 Å². The fourth-order valence-electron chi connectivity index (χ4n) is 3.91. The summed E-state index contributed by atoms with van der Waals surface area (Å²) >= 11 is 0. The molecule has 0 amide bonds. The number of nitriles is 1. The Morgan fingerprint density at radius 1 is 1.04 bits per heavy atom. The minimum Gasteiger partial charge on any atom is -0.314 e. The van der Waals surface area contributed by atoms with E-state index in [-0.39, 0.29) is 6.04 Å². The molecule has 0 aliphatic carbocycles. The Morgan fingerprint density at radius 2 is 1.81 bits per heavy atom. The molecule has 4 rings (SSSR count). The monoisotopic (exact) mass is 357 g/mol. The molecule has 1 N–H and O–H groups in total. The topological polar surface area (TPSA) is 56.9 Å². The van der Waals surface area contributed by atoms with Gasteiger partial charge in [-0.25, -0.2) is 4.68 Å². The number of nitrogens with one attached hydrogen (secondary N) is 1. The summed E-state index contributed by atoms with van der Waals surface area (Å²) in [5.41, 5.74) is 5.06. The van der Waals surface area contributed by atoms with Crippen molar-refractivity contribution in [2.24, 2.45) is 0 Å². The van der Waals surface area contributed by atoms with E-state index in [2.05, 4.69) is 46.5 Å². The average Bonchev–Trinajstić information content (AvgIpc) is 3.28. The van der Waals surface area contributed by atoms with Crippen molar-refractivity contribution in [3.8, 4) is 22.9 Å². The summed E-state index contributed by atoms with van der Waals surface area (Å²) in [6, 6.07) is 18.8. The Morgan fingerprint density at radius 3 is 2.56 bits per heavy atom. The SMILES string of the molecule is CC(c1c(C#N)cccc1-c1ccccc1-n1cccn1)N1CCNCC1. The summed E-state index contributed by atoms with van der Waals surface area (Å²) < 4.78 is 1.88. The van der Waals surface area contributed by atoms with Crippen molar-refractivity contribution in [2.45, 2.75) is 13.0 Å². The highest BCUT2D eigenvalue weighted by atomic mass is 15.3.